The van der Waals surface area contributed by atoms with Crippen LogP contribution in [0.5, 0.6) is 0 Å². The lowest BCUT2D eigenvalue weighted by atomic mass is 10.2. The van der Waals surface area contributed by atoms with Gasteiger partial charge in [0, 0.05) is 43.1 Å². The Morgan fingerprint density at radius 1 is 1.00 bits per heavy atom. The number of hydrogen-bond acceptors (Lipinski definition) is 3. The van der Waals surface area contributed by atoms with Gasteiger partial charge in [-0.25, -0.2) is 9.78 Å². The van der Waals surface area contributed by atoms with Crippen LogP contribution in [0.25, 0.3) is 16.6 Å². The number of nitrogens with one attached hydrogen (secondary N) is 1. The van der Waals surface area contributed by atoms with Crippen molar-refractivity contribution in [1.29, 1.82) is 0 Å². The van der Waals surface area contributed by atoms with Crippen molar-refractivity contribution in [3.8, 4) is 0 Å². The molecule has 30 heavy (non-hydrogen) atoms. The molecule has 2 amide bonds. The Hall–Kier alpha value is -3.25. The van der Waals surface area contributed by atoms with Gasteiger partial charge in [0.25, 0.3) is 0 Å². The predicted octanol–water partition coefficient (Wildman–Crippen LogP) is 4.80. The van der Waals surface area contributed by atoms with E-state index in [-0.39, 0.29) is 6.03 Å². The molecule has 1 aliphatic rings. The molecule has 7 heteroatoms. The Balaban J connectivity index is 1.34. The summed E-state index contributed by atoms with van der Waals surface area (Å²) in [5.41, 5.74) is 4.88. The number of piperazine rings is 1. The molecule has 5 rings (SSSR count). The number of halogens is 1. The summed E-state index contributed by atoms with van der Waals surface area (Å²) in [4.78, 5) is 21.8. The van der Waals surface area contributed by atoms with Gasteiger partial charge in [-0.1, -0.05) is 29.8 Å². The van der Waals surface area contributed by atoms with Crippen molar-refractivity contribution in [3.05, 3.63) is 71.4 Å². The number of anilines is 2. The average Bonchev–Trinajstić information content (AvgIpc) is 3.26. The summed E-state index contributed by atoms with van der Waals surface area (Å²) in [6.07, 6.45) is 2.07. The molecule has 2 aromatic heterocycles. The first-order valence-electron chi connectivity index (χ1n) is 10.0. The number of aromatic nitrogens is 2. The minimum atomic E-state index is -0.0979. The molecule has 1 aliphatic heterocycles. The molecule has 3 heterocycles. The monoisotopic (exact) mass is 419 g/mol. The molecule has 2 aromatic carbocycles. The van der Waals surface area contributed by atoms with Gasteiger partial charge in [0.2, 0.25) is 0 Å². The Kier molecular flexibility index (Phi) is 4.71. The van der Waals surface area contributed by atoms with E-state index in [1.54, 1.807) is 6.07 Å². The zero-order valence-corrected chi connectivity index (χ0v) is 17.4. The van der Waals surface area contributed by atoms with E-state index in [1.807, 2.05) is 48.2 Å². The Labute approximate surface area is 179 Å². The maximum atomic E-state index is 12.8. The van der Waals surface area contributed by atoms with E-state index in [4.69, 9.17) is 16.6 Å². The summed E-state index contributed by atoms with van der Waals surface area (Å²) >= 11 is 6.07. The molecular formula is C23H22ClN5O. The number of aryl methyl sites for hydroxylation is 1. The Morgan fingerprint density at radius 3 is 2.60 bits per heavy atom. The van der Waals surface area contributed by atoms with Crippen LogP contribution in [0.4, 0.5) is 16.3 Å². The van der Waals surface area contributed by atoms with E-state index < -0.39 is 0 Å². The predicted molar refractivity (Wildman–Crippen MR) is 122 cm³/mol. The first-order chi connectivity index (χ1) is 14.6. The van der Waals surface area contributed by atoms with Gasteiger partial charge in [-0.2, -0.15) is 0 Å². The second-order valence-electron chi connectivity index (χ2n) is 7.55. The molecule has 1 N–H and O–H groups in total. The van der Waals surface area contributed by atoms with Crippen LogP contribution in [-0.4, -0.2) is 46.5 Å². The number of amides is 2. The standard InChI is InChI=1S/C23H22ClN5O/c1-16-8-9-17(24)15-19(16)26-23(30)28-13-11-27(12-14-28)22-21-7-4-10-29(21)20-6-3-2-5-18(20)25-22/h2-10,15H,11-14H2,1H3,(H,26,30). The number of carbonyl (C=O) groups excluding carboxylic acids is 1. The maximum Gasteiger partial charge on any atom is 0.321 e. The van der Waals surface area contributed by atoms with Crippen molar-refractivity contribution >= 4 is 45.7 Å². The van der Waals surface area contributed by atoms with Crippen LogP contribution in [0.15, 0.2) is 60.8 Å². The number of hydrogen-bond donors (Lipinski definition) is 1. The van der Waals surface area contributed by atoms with Gasteiger partial charge in [0.15, 0.2) is 5.82 Å². The minimum absolute atomic E-state index is 0.0979. The van der Waals surface area contributed by atoms with Gasteiger partial charge in [0.1, 0.15) is 0 Å². The van der Waals surface area contributed by atoms with Gasteiger partial charge in [-0.3, -0.25) is 0 Å². The summed E-state index contributed by atoms with van der Waals surface area (Å²) in [5, 5.41) is 3.60. The zero-order chi connectivity index (χ0) is 20.7. The lowest BCUT2D eigenvalue weighted by molar-refractivity contribution is 0.208. The first-order valence-corrected chi connectivity index (χ1v) is 10.4. The minimum Gasteiger partial charge on any atom is -0.351 e. The van der Waals surface area contributed by atoms with E-state index in [0.29, 0.717) is 18.1 Å². The summed E-state index contributed by atoms with van der Waals surface area (Å²) in [7, 11) is 0. The normalized spacial score (nSPS) is 14.5. The lowest BCUT2D eigenvalue weighted by Crippen LogP contribution is -2.50. The molecule has 4 aromatic rings. The van der Waals surface area contributed by atoms with Crippen molar-refractivity contribution in [2.24, 2.45) is 0 Å². The molecule has 0 saturated carbocycles. The number of benzene rings is 2. The van der Waals surface area contributed by atoms with Gasteiger partial charge >= 0.3 is 6.03 Å². The van der Waals surface area contributed by atoms with E-state index in [2.05, 4.69) is 32.9 Å². The summed E-state index contributed by atoms with van der Waals surface area (Å²) in [5.74, 6) is 0.962. The summed E-state index contributed by atoms with van der Waals surface area (Å²) < 4.78 is 2.18. The number of nitrogens with zero attached hydrogens (tertiary/aromatic N) is 4. The van der Waals surface area contributed by atoms with Crippen LogP contribution in [0.2, 0.25) is 5.02 Å². The van der Waals surface area contributed by atoms with Crippen molar-refractivity contribution in [1.82, 2.24) is 14.3 Å². The van der Waals surface area contributed by atoms with Crippen LogP contribution in [0.1, 0.15) is 5.56 Å². The summed E-state index contributed by atoms with van der Waals surface area (Å²) in [6.45, 7) is 4.68. The highest BCUT2D eigenvalue weighted by atomic mass is 35.5. The van der Waals surface area contributed by atoms with Crippen LogP contribution in [0.3, 0.4) is 0 Å². The Morgan fingerprint density at radius 2 is 1.77 bits per heavy atom. The highest BCUT2D eigenvalue weighted by molar-refractivity contribution is 6.31. The summed E-state index contributed by atoms with van der Waals surface area (Å²) in [6, 6.07) is 17.7. The second-order valence-corrected chi connectivity index (χ2v) is 7.99. The molecule has 0 spiro atoms. The van der Waals surface area contributed by atoms with E-state index in [9.17, 15) is 4.79 Å². The van der Waals surface area contributed by atoms with Crippen molar-refractivity contribution in [2.75, 3.05) is 36.4 Å². The smallest absolute Gasteiger partial charge is 0.321 e. The Bertz CT molecular complexity index is 1240. The van der Waals surface area contributed by atoms with Crippen molar-refractivity contribution in [2.45, 2.75) is 6.92 Å². The van der Waals surface area contributed by atoms with E-state index >= 15 is 0 Å². The quantitative estimate of drug-likeness (QED) is 0.507. The molecule has 0 radical (unpaired) electrons. The number of fused-ring (bicyclic) bond motifs is 3. The first kappa shape index (κ1) is 18.8. The number of rotatable bonds is 2. The van der Waals surface area contributed by atoms with Gasteiger partial charge in [-0.05, 0) is 48.9 Å². The van der Waals surface area contributed by atoms with Crippen LogP contribution < -0.4 is 10.2 Å². The van der Waals surface area contributed by atoms with Gasteiger partial charge < -0.3 is 19.5 Å². The highest BCUT2D eigenvalue weighted by Crippen LogP contribution is 2.26. The molecule has 1 saturated heterocycles. The number of para-hydroxylation sites is 2. The fourth-order valence-electron chi connectivity index (χ4n) is 3.98. The molecule has 6 nitrogen and oxygen atoms in total. The molecule has 0 unspecified atom stereocenters. The number of carbonyl (C=O) groups is 1. The van der Waals surface area contributed by atoms with Crippen molar-refractivity contribution < 1.29 is 4.79 Å². The van der Waals surface area contributed by atoms with E-state index in [1.165, 1.54) is 0 Å². The molecule has 1 fully saturated rings. The van der Waals surface area contributed by atoms with Crippen molar-refractivity contribution in [3.63, 3.8) is 0 Å². The molecule has 0 atom stereocenters. The van der Waals surface area contributed by atoms with E-state index in [0.717, 1.165) is 46.7 Å². The third kappa shape index (κ3) is 3.33. The largest absolute Gasteiger partial charge is 0.351 e. The van der Waals surface area contributed by atoms with Gasteiger partial charge in [0.05, 0.1) is 16.6 Å². The maximum absolute atomic E-state index is 12.8. The third-order valence-electron chi connectivity index (χ3n) is 5.65. The van der Waals surface area contributed by atoms with Crippen LogP contribution in [-0.2, 0) is 0 Å². The highest BCUT2D eigenvalue weighted by Gasteiger charge is 2.24. The zero-order valence-electron chi connectivity index (χ0n) is 16.7. The number of urea groups is 1. The molecule has 0 bridgehead atoms. The fourth-order valence-corrected chi connectivity index (χ4v) is 4.16. The fraction of sp³-hybridized carbons (Fsp3) is 0.217. The molecule has 152 valence electrons. The van der Waals surface area contributed by atoms with Crippen LogP contribution in [0, 0.1) is 6.92 Å². The van der Waals surface area contributed by atoms with Crippen LogP contribution >= 0.6 is 11.6 Å². The average molecular weight is 420 g/mol. The topological polar surface area (TPSA) is 52.9 Å². The molecular weight excluding hydrogens is 398 g/mol. The lowest BCUT2D eigenvalue weighted by Gasteiger charge is -2.35. The second kappa shape index (κ2) is 7.54. The third-order valence-corrected chi connectivity index (χ3v) is 5.89. The van der Waals surface area contributed by atoms with Gasteiger partial charge in [-0.15, -0.1) is 0 Å². The molecule has 0 aliphatic carbocycles. The SMILES string of the molecule is Cc1ccc(Cl)cc1NC(=O)N1CCN(c2nc3ccccc3n3cccc23)CC1.